The van der Waals surface area contributed by atoms with Gasteiger partial charge in [0.05, 0.1) is 18.6 Å². The van der Waals surface area contributed by atoms with E-state index in [-0.39, 0.29) is 12.0 Å². The summed E-state index contributed by atoms with van der Waals surface area (Å²) >= 11 is 0. The predicted octanol–water partition coefficient (Wildman–Crippen LogP) is 3.29. The molecule has 5 nitrogen and oxygen atoms in total. The Balaban J connectivity index is 1.40. The number of aliphatic carboxylic acids is 1. The number of fused-ring (bicyclic) bond motifs is 5. The van der Waals surface area contributed by atoms with Crippen molar-refractivity contribution in [3.8, 4) is 0 Å². The van der Waals surface area contributed by atoms with Crippen LogP contribution in [0.15, 0.2) is 0 Å². The summed E-state index contributed by atoms with van der Waals surface area (Å²) in [6, 6.07) is 0. The van der Waals surface area contributed by atoms with Crippen molar-refractivity contribution in [2.75, 3.05) is 6.54 Å². The molecule has 4 unspecified atom stereocenters. The first kappa shape index (κ1) is 23.1. The molecule has 4 saturated carbocycles. The van der Waals surface area contributed by atoms with Crippen molar-refractivity contribution in [3.05, 3.63) is 0 Å². The average molecular weight is 433 g/mol. The number of aliphatic hydroxyl groups excluding tert-OH is 1. The van der Waals surface area contributed by atoms with Crippen LogP contribution in [0.3, 0.4) is 0 Å². The quantitative estimate of drug-likeness (QED) is 0.674. The van der Waals surface area contributed by atoms with Crippen LogP contribution in [0.4, 0.5) is 0 Å². The van der Waals surface area contributed by atoms with E-state index in [0.29, 0.717) is 35.0 Å². The standard InChI is InChI=1S/C26H43NO4/c1-16(4-9-23(29)27-15-24(30)31)20-7-8-21-19-6-5-17-14-18(28)10-12-25(17,2)22(19)11-13-26(20,21)3/h16-22,28H,4-15H2,1-3H3,(H,27,29)(H,30,31)/p-1/t16-,17?,18-,19?,20-,21?,22?,25+,26-/m1/s1. The molecule has 5 heteroatoms. The van der Waals surface area contributed by atoms with E-state index in [1.54, 1.807) is 0 Å². The van der Waals surface area contributed by atoms with Gasteiger partial charge in [-0.1, -0.05) is 20.8 Å². The second kappa shape index (κ2) is 8.68. The summed E-state index contributed by atoms with van der Waals surface area (Å²) in [6.07, 6.45) is 12.2. The molecule has 4 aliphatic carbocycles. The van der Waals surface area contributed by atoms with Crippen molar-refractivity contribution >= 4 is 11.9 Å². The van der Waals surface area contributed by atoms with Crippen LogP contribution in [0.1, 0.15) is 91.4 Å². The van der Waals surface area contributed by atoms with Gasteiger partial charge in [0.25, 0.3) is 0 Å². The van der Waals surface area contributed by atoms with Gasteiger partial charge in [-0.2, -0.15) is 0 Å². The van der Waals surface area contributed by atoms with Crippen molar-refractivity contribution in [1.29, 1.82) is 0 Å². The summed E-state index contributed by atoms with van der Waals surface area (Å²) in [5.41, 5.74) is 0.795. The first-order chi connectivity index (χ1) is 14.6. The number of carboxylic acids is 1. The Morgan fingerprint density at radius 3 is 2.48 bits per heavy atom. The molecule has 0 spiro atoms. The van der Waals surface area contributed by atoms with Crippen LogP contribution >= 0.6 is 0 Å². The van der Waals surface area contributed by atoms with Crippen molar-refractivity contribution in [3.63, 3.8) is 0 Å². The maximum absolute atomic E-state index is 12.0. The van der Waals surface area contributed by atoms with Crippen molar-refractivity contribution in [1.82, 2.24) is 5.32 Å². The van der Waals surface area contributed by atoms with Crippen LogP contribution in [-0.4, -0.2) is 29.6 Å². The van der Waals surface area contributed by atoms with Gasteiger partial charge in [-0.3, -0.25) is 4.79 Å². The third-order valence-corrected chi connectivity index (χ3v) is 10.7. The lowest BCUT2D eigenvalue weighted by Crippen LogP contribution is -2.54. The van der Waals surface area contributed by atoms with E-state index in [4.69, 9.17) is 0 Å². The van der Waals surface area contributed by atoms with Crippen molar-refractivity contribution in [2.24, 2.45) is 46.3 Å². The number of hydrogen-bond donors (Lipinski definition) is 2. The van der Waals surface area contributed by atoms with Gasteiger partial charge in [0.1, 0.15) is 0 Å². The highest BCUT2D eigenvalue weighted by Gasteiger charge is 2.60. The van der Waals surface area contributed by atoms with Crippen molar-refractivity contribution < 1.29 is 19.8 Å². The zero-order chi connectivity index (χ0) is 22.4. The van der Waals surface area contributed by atoms with Gasteiger partial charge in [0, 0.05) is 6.42 Å². The fraction of sp³-hybridized carbons (Fsp3) is 0.923. The molecule has 0 aliphatic heterocycles. The van der Waals surface area contributed by atoms with Gasteiger partial charge in [-0.15, -0.1) is 0 Å². The normalized spacial score (nSPS) is 45.2. The molecule has 0 bridgehead atoms. The third kappa shape index (κ3) is 4.16. The first-order valence-corrected chi connectivity index (χ1v) is 12.8. The highest BCUT2D eigenvalue weighted by molar-refractivity contribution is 5.80. The van der Waals surface area contributed by atoms with Crippen molar-refractivity contribution in [2.45, 2.75) is 97.5 Å². The van der Waals surface area contributed by atoms with Crippen LogP contribution in [0.5, 0.6) is 0 Å². The number of hydrogen-bond acceptors (Lipinski definition) is 4. The number of carbonyl (C=O) groups is 2. The molecule has 9 atom stereocenters. The summed E-state index contributed by atoms with van der Waals surface area (Å²) in [6.45, 7) is 6.99. The van der Waals surface area contributed by atoms with E-state index in [0.717, 1.165) is 37.0 Å². The lowest BCUT2D eigenvalue weighted by atomic mass is 9.44. The van der Waals surface area contributed by atoms with Crippen LogP contribution in [0.2, 0.25) is 0 Å². The predicted molar refractivity (Wildman–Crippen MR) is 118 cm³/mol. The maximum atomic E-state index is 12.0. The molecule has 31 heavy (non-hydrogen) atoms. The molecule has 0 heterocycles. The van der Waals surface area contributed by atoms with Gasteiger partial charge >= 0.3 is 0 Å². The Morgan fingerprint density at radius 1 is 1.03 bits per heavy atom. The van der Waals surface area contributed by atoms with E-state index >= 15 is 0 Å². The van der Waals surface area contributed by atoms with Crippen LogP contribution < -0.4 is 10.4 Å². The molecule has 0 aromatic carbocycles. The van der Waals surface area contributed by atoms with Crippen LogP contribution in [0.25, 0.3) is 0 Å². The zero-order valence-electron chi connectivity index (χ0n) is 19.7. The Morgan fingerprint density at radius 2 is 1.74 bits per heavy atom. The largest absolute Gasteiger partial charge is 0.548 e. The minimum atomic E-state index is -1.24. The molecule has 1 amide bonds. The monoisotopic (exact) mass is 432 g/mol. The molecule has 4 aliphatic rings. The highest BCUT2D eigenvalue weighted by Crippen LogP contribution is 2.68. The maximum Gasteiger partial charge on any atom is 0.220 e. The number of aliphatic hydroxyl groups is 1. The van der Waals surface area contributed by atoms with E-state index in [2.05, 4.69) is 26.1 Å². The Kier molecular flexibility index (Phi) is 6.46. The van der Waals surface area contributed by atoms with E-state index in [1.807, 2.05) is 0 Å². The Hall–Kier alpha value is -1.10. The molecule has 4 fully saturated rings. The van der Waals surface area contributed by atoms with E-state index in [9.17, 15) is 19.8 Å². The second-order valence-electron chi connectivity index (χ2n) is 12.0. The average Bonchev–Trinajstić information content (AvgIpc) is 3.08. The summed E-state index contributed by atoms with van der Waals surface area (Å²) in [5.74, 6) is 2.89. The fourth-order valence-corrected chi connectivity index (χ4v) is 9.03. The number of amides is 1. The molecule has 4 rings (SSSR count). The minimum Gasteiger partial charge on any atom is -0.548 e. The third-order valence-electron chi connectivity index (χ3n) is 10.7. The molecule has 0 aromatic heterocycles. The number of carbonyl (C=O) groups excluding carboxylic acids is 2. The molecule has 2 N–H and O–H groups in total. The first-order valence-electron chi connectivity index (χ1n) is 12.8. The summed E-state index contributed by atoms with van der Waals surface area (Å²) in [7, 11) is 0. The zero-order valence-corrected chi connectivity index (χ0v) is 19.7. The number of nitrogens with one attached hydrogen (secondary N) is 1. The topological polar surface area (TPSA) is 89.5 Å². The number of rotatable bonds is 6. The molecular weight excluding hydrogens is 390 g/mol. The molecule has 0 radical (unpaired) electrons. The van der Waals surface area contributed by atoms with Gasteiger partial charge in [0.2, 0.25) is 5.91 Å². The molecular formula is C26H42NO4-. The van der Waals surface area contributed by atoms with Crippen LogP contribution in [-0.2, 0) is 9.59 Å². The summed E-state index contributed by atoms with van der Waals surface area (Å²) < 4.78 is 0. The summed E-state index contributed by atoms with van der Waals surface area (Å²) in [4.78, 5) is 22.5. The number of carboxylic acid groups (broad SMARTS) is 1. The second-order valence-corrected chi connectivity index (χ2v) is 12.0. The van der Waals surface area contributed by atoms with Gasteiger partial charge in [-0.05, 0) is 111 Å². The van der Waals surface area contributed by atoms with Gasteiger partial charge in [0.15, 0.2) is 0 Å². The minimum absolute atomic E-state index is 0.0795. The smallest absolute Gasteiger partial charge is 0.220 e. The van der Waals surface area contributed by atoms with E-state index < -0.39 is 12.5 Å². The lowest BCUT2D eigenvalue weighted by molar-refractivity contribution is -0.304. The van der Waals surface area contributed by atoms with Gasteiger partial charge in [-0.25, -0.2) is 0 Å². The van der Waals surface area contributed by atoms with Gasteiger partial charge < -0.3 is 20.3 Å². The molecule has 0 saturated heterocycles. The Labute approximate surface area is 187 Å². The van der Waals surface area contributed by atoms with Crippen LogP contribution in [0, 0.1) is 46.3 Å². The Bertz CT molecular complexity index is 695. The lowest BCUT2D eigenvalue weighted by Gasteiger charge is -2.61. The molecule has 0 aromatic rings. The highest BCUT2D eigenvalue weighted by atomic mass is 16.4. The molecule has 176 valence electrons. The van der Waals surface area contributed by atoms with E-state index in [1.165, 1.54) is 44.9 Å². The fourth-order valence-electron chi connectivity index (χ4n) is 9.03. The SMILES string of the molecule is C[C@H](CCC(=O)NCC(=O)[O-])[C@H]1CCC2C3CCC4C[C@H](O)CC[C@]4(C)C3CC[C@@]21C. The summed E-state index contributed by atoms with van der Waals surface area (Å²) in [5, 5.41) is 23.2.